The molecule has 1 N–H and O–H groups in total. The van der Waals surface area contributed by atoms with Gasteiger partial charge in [-0.2, -0.15) is 13.2 Å². The number of fused-ring (bicyclic) bond motifs is 1. The Hall–Kier alpha value is -2.46. The van der Waals surface area contributed by atoms with E-state index >= 15 is 0 Å². The predicted molar refractivity (Wildman–Crippen MR) is 112 cm³/mol. The van der Waals surface area contributed by atoms with Crippen LogP contribution in [-0.4, -0.2) is 52.7 Å². The summed E-state index contributed by atoms with van der Waals surface area (Å²) >= 11 is 1.66. The fourth-order valence-electron chi connectivity index (χ4n) is 4.37. The number of nitrogens with zero attached hydrogens (tertiary/aromatic N) is 2. The topological polar surface area (TPSA) is 79.7 Å². The minimum atomic E-state index is -5.08. The van der Waals surface area contributed by atoms with Gasteiger partial charge in [0.1, 0.15) is 0 Å². The molecule has 2 atom stereocenters. The Bertz CT molecular complexity index is 892. The Morgan fingerprint density at radius 2 is 2.00 bits per heavy atom. The number of carbonyl (C=O) groups excluding carboxylic acids is 1. The molecule has 2 fully saturated rings. The highest BCUT2D eigenvalue weighted by Gasteiger charge is 2.50. The summed E-state index contributed by atoms with van der Waals surface area (Å²) in [6, 6.07) is 8.05. The van der Waals surface area contributed by atoms with E-state index in [9.17, 15) is 18.0 Å². The highest BCUT2D eigenvalue weighted by molar-refractivity contribution is 7.10. The SMILES string of the molecule is O=C(Cc1cccs1)N1C[C@H]2CCC[C@@]2(COCc2ccncc2)C1.O=C(O)C(F)(F)F. The van der Waals surface area contributed by atoms with Crippen LogP contribution in [0.25, 0.3) is 0 Å². The largest absolute Gasteiger partial charge is 0.490 e. The summed E-state index contributed by atoms with van der Waals surface area (Å²) in [5, 5.41) is 9.16. The van der Waals surface area contributed by atoms with Gasteiger partial charge in [0.05, 0.1) is 19.6 Å². The van der Waals surface area contributed by atoms with E-state index in [1.54, 1.807) is 23.7 Å². The lowest BCUT2D eigenvalue weighted by Crippen LogP contribution is -2.35. The van der Waals surface area contributed by atoms with E-state index in [0.29, 0.717) is 18.9 Å². The van der Waals surface area contributed by atoms with E-state index < -0.39 is 12.1 Å². The number of amides is 1. The van der Waals surface area contributed by atoms with Gasteiger partial charge in [-0.1, -0.05) is 12.5 Å². The van der Waals surface area contributed by atoms with Crippen molar-refractivity contribution in [2.24, 2.45) is 11.3 Å². The molecule has 1 amide bonds. The van der Waals surface area contributed by atoms with Crippen LogP contribution in [0.1, 0.15) is 29.7 Å². The molecule has 0 radical (unpaired) electrons. The maximum Gasteiger partial charge on any atom is 0.490 e. The number of rotatable bonds is 6. The molecular formula is C22H25F3N2O4S. The van der Waals surface area contributed by atoms with E-state index in [-0.39, 0.29) is 11.3 Å². The predicted octanol–water partition coefficient (Wildman–Crippen LogP) is 4.16. The van der Waals surface area contributed by atoms with Crippen LogP contribution >= 0.6 is 11.3 Å². The maximum atomic E-state index is 12.7. The molecule has 1 saturated heterocycles. The number of thiophene rings is 1. The van der Waals surface area contributed by atoms with E-state index in [1.807, 2.05) is 29.6 Å². The molecule has 2 aromatic rings. The number of ether oxygens (including phenoxy) is 1. The van der Waals surface area contributed by atoms with Crippen LogP contribution in [0.5, 0.6) is 0 Å². The molecular weight excluding hydrogens is 445 g/mol. The molecule has 1 saturated carbocycles. The summed E-state index contributed by atoms with van der Waals surface area (Å²) in [6.07, 6.45) is 2.72. The normalized spacial score (nSPS) is 22.2. The monoisotopic (exact) mass is 470 g/mol. The number of carboxylic acid groups (broad SMARTS) is 1. The molecule has 4 rings (SSSR count). The molecule has 0 bridgehead atoms. The van der Waals surface area contributed by atoms with Crippen molar-refractivity contribution < 1.29 is 32.6 Å². The van der Waals surface area contributed by atoms with Crippen LogP contribution in [0.4, 0.5) is 13.2 Å². The van der Waals surface area contributed by atoms with E-state index in [2.05, 4.69) is 9.88 Å². The van der Waals surface area contributed by atoms with Gasteiger partial charge < -0.3 is 14.7 Å². The van der Waals surface area contributed by atoms with Gasteiger partial charge in [0.25, 0.3) is 0 Å². The van der Waals surface area contributed by atoms with Gasteiger partial charge >= 0.3 is 12.1 Å². The molecule has 1 aliphatic carbocycles. The molecule has 32 heavy (non-hydrogen) atoms. The van der Waals surface area contributed by atoms with Crippen molar-refractivity contribution in [2.75, 3.05) is 19.7 Å². The number of aliphatic carboxylic acids is 1. The van der Waals surface area contributed by atoms with Gasteiger partial charge in [0.15, 0.2) is 0 Å². The van der Waals surface area contributed by atoms with E-state index in [1.165, 1.54) is 19.3 Å². The number of likely N-dealkylation sites (tertiary alicyclic amines) is 1. The first-order valence-electron chi connectivity index (χ1n) is 10.3. The van der Waals surface area contributed by atoms with Crippen molar-refractivity contribution in [3.05, 3.63) is 52.5 Å². The van der Waals surface area contributed by atoms with Crippen LogP contribution in [0.2, 0.25) is 0 Å². The summed E-state index contributed by atoms with van der Waals surface area (Å²) in [7, 11) is 0. The Labute approximate surface area is 188 Å². The summed E-state index contributed by atoms with van der Waals surface area (Å²) in [5.74, 6) is -1.89. The van der Waals surface area contributed by atoms with Crippen molar-refractivity contribution in [2.45, 2.75) is 38.5 Å². The number of pyridine rings is 1. The summed E-state index contributed by atoms with van der Waals surface area (Å²) in [6.45, 7) is 3.14. The number of aromatic nitrogens is 1. The number of halogens is 3. The second kappa shape index (κ2) is 10.4. The smallest absolute Gasteiger partial charge is 0.475 e. The van der Waals surface area contributed by atoms with E-state index in [4.69, 9.17) is 14.6 Å². The average Bonchev–Trinajstić information content (AvgIpc) is 3.45. The first kappa shape index (κ1) is 24.2. The Balaban J connectivity index is 0.000000360. The minimum absolute atomic E-state index is 0.165. The van der Waals surface area contributed by atoms with Crippen molar-refractivity contribution in [1.29, 1.82) is 0 Å². The Kier molecular flexibility index (Phi) is 7.89. The standard InChI is InChI=1S/C20H24N2O2S.C2HF3O2/c23-19(11-18-4-2-10-25-18)22-12-17-3-1-7-20(17,14-22)15-24-13-16-5-8-21-9-6-16;3-2(4,5)1(6)7/h2,4-6,8-10,17H,1,3,7,11-15H2;(H,6,7)/t17-,20+;/m1./s1. The third kappa shape index (κ3) is 6.29. The molecule has 1 aliphatic heterocycles. The third-order valence-corrected chi connectivity index (χ3v) is 6.82. The van der Waals surface area contributed by atoms with Crippen LogP contribution in [-0.2, 0) is 27.4 Å². The van der Waals surface area contributed by atoms with Crippen LogP contribution in [0, 0.1) is 11.3 Å². The Morgan fingerprint density at radius 1 is 1.28 bits per heavy atom. The lowest BCUT2D eigenvalue weighted by molar-refractivity contribution is -0.192. The molecule has 10 heteroatoms. The van der Waals surface area contributed by atoms with E-state index in [0.717, 1.165) is 30.1 Å². The fraction of sp³-hybridized carbons (Fsp3) is 0.500. The van der Waals surface area contributed by atoms with Gasteiger partial charge in [0, 0.05) is 35.8 Å². The Morgan fingerprint density at radius 3 is 2.62 bits per heavy atom. The molecule has 3 heterocycles. The first-order valence-corrected chi connectivity index (χ1v) is 11.1. The van der Waals surface area contributed by atoms with Gasteiger partial charge in [-0.25, -0.2) is 4.79 Å². The summed E-state index contributed by atoms with van der Waals surface area (Å²) < 4.78 is 37.8. The first-order chi connectivity index (χ1) is 15.2. The molecule has 2 aromatic heterocycles. The second-order valence-corrected chi connectivity index (χ2v) is 9.17. The van der Waals surface area contributed by atoms with Crippen LogP contribution in [0.3, 0.4) is 0 Å². The van der Waals surface area contributed by atoms with Crippen LogP contribution < -0.4 is 0 Å². The van der Waals surface area contributed by atoms with Gasteiger partial charge in [-0.3, -0.25) is 9.78 Å². The summed E-state index contributed by atoms with van der Waals surface area (Å²) in [5.41, 5.74) is 1.32. The molecule has 174 valence electrons. The zero-order valence-corrected chi connectivity index (χ0v) is 18.2. The third-order valence-electron chi connectivity index (χ3n) is 5.95. The number of carboxylic acids is 1. The summed E-state index contributed by atoms with van der Waals surface area (Å²) in [4.78, 5) is 28.8. The molecule has 0 unspecified atom stereocenters. The zero-order valence-electron chi connectivity index (χ0n) is 17.4. The molecule has 6 nitrogen and oxygen atoms in total. The zero-order chi connectivity index (χ0) is 23.2. The van der Waals surface area contributed by atoms with Gasteiger partial charge in [-0.15, -0.1) is 11.3 Å². The van der Waals surface area contributed by atoms with Gasteiger partial charge in [0.2, 0.25) is 5.91 Å². The number of carbonyl (C=O) groups is 2. The van der Waals surface area contributed by atoms with Crippen molar-refractivity contribution in [1.82, 2.24) is 9.88 Å². The van der Waals surface area contributed by atoms with Crippen molar-refractivity contribution in [3.63, 3.8) is 0 Å². The number of alkyl halides is 3. The quantitative estimate of drug-likeness (QED) is 0.686. The van der Waals surface area contributed by atoms with Crippen LogP contribution in [0.15, 0.2) is 42.0 Å². The fourth-order valence-corrected chi connectivity index (χ4v) is 5.06. The van der Waals surface area contributed by atoms with Crippen molar-refractivity contribution in [3.8, 4) is 0 Å². The second-order valence-electron chi connectivity index (χ2n) is 8.13. The van der Waals surface area contributed by atoms with Crippen molar-refractivity contribution >= 4 is 23.2 Å². The van der Waals surface area contributed by atoms with Gasteiger partial charge in [-0.05, 0) is 47.9 Å². The highest BCUT2D eigenvalue weighted by Crippen LogP contribution is 2.49. The molecule has 2 aliphatic rings. The maximum absolute atomic E-state index is 12.7. The lowest BCUT2D eigenvalue weighted by Gasteiger charge is -2.28. The number of hydrogen-bond donors (Lipinski definition) is 1. The highest BCUT2D eigenvalue weighted by atomic mass is 32.1. The average molecular weight is 471 g/mol. The molecule has 0 spiro atoms. The lowest BCUT2D eigenvalue weighted by atomic mass is 9.81. The molecule has 0 aromatic carbocycles. The minimum Gasteiger partial charge on any atom is -0.475 e. The number of hydrogen-bond acceptors (Lipinski definition) is 5.